The molecule has 0 aliphatic carbocycles. The third kappa shape index (κ3) is 4.24. The highest BCUT2D eigenvalue weighted by molar-refractivity contribution is 5.87. The van der Waals surface area contributed by atoms with Crippen molar-refractivity contribution in [3.8, 4) is 5.75 Å². The van der Waals surface area contributed by atoms with Gasteiger partial charge >= 0.3 is 0 Å². The van der Waals surface area contributed by atoms with Crippen molar-refractivity contribution in [2.45, 2.75) is 6.92 Å². The third-order valence-corrected chi connectivity index (χ3v) is 4.74. The Morgan fingerprint density at radius 1 is 0.655 bits per heavy atom. The minimum atomic E-state index is 0.802. The Balaban J connectivity index is 2.01. The van der Waals surface area contributed by atoms with E-state index in [1.165, 1.54) is 0 Å². The molecule has 0 fully saturated rings. The van der Waals surface area contributed by atoms with Crippen LogP contribution in [0.1, 0.15) is 28.2 Å². The van der Waals surface area contributed by atoms with Gasteiger partial charge in [0.2, 0.25) is 0 Å². The van der Waals surface area contributed by atoms with E-state index in [1.807, 2.05) is 67.6 Å². The SMILES string of the molecule is COc1ccc(C(=C=C(c2ccccc2)c2ccc(C)o2)c2ccccc2)cc1. The molecule has 2 nitrogen and oxygen atoms in total. The van der Waals surface area contributed by atoms with Gasteiger partial charge in [-0.15, -0.1) is 0 Å². The Bertz CT molecular complexity index is 1140. The zero-order valence-electron chi connectivity index (χ0n) is 16.6. The van der Waals surface area contributed by atoms with E-state index in [4.69, 9.17) is 9.15 Å². The first-order chi connectivity index (χ1) is 14.2. The van der Waals surface area contributed by atoms with Crippen LogP contribution in [-0.4, -0.2) is 7.11 Å². The maximum atomic E-state index is 5.98. The van der Waals surface area contributed by atoms with E-state index in [9.17, 15) is 0 Å². The van der Waals surface area contributed by atoms with Gasteiger partial charge in [-0.1, -0.05) is 78.5 Å². The predicted octanol–water partition coefficient (Wildman–Crippen LogP) is 6.76. The molecule has 0 saturated carbocycles. The van der Waals surface area contributed by atoms with Crippen LogP contribution in [0.5, 0.6) is 5.75 Å². The van der Waals surface area contributed by atoms with Crippen molar-refractivity contribution < 1.29 is 9.15 Å². The highest BCUT2D eigenvalue weighted by Crippen LogP contribution is 2.30. The zero-order valence-corrected chi connectivity index (χ0v) is 16.6. The minimum absolute atomic E-state index is 0.802. The molecule has 0 N–H and O–H groups in total. The van der Waals surface area contributed by atoms with E-state index < -0.39 is 0 Å². The number of ether oxygens (including phenoxy) is 1. The maximum absolute atomic E-state index is 5.98. The molecule has 2 heteroatoms. The molecule has 0 aliphatic heterocycles. The lowest BCUT2D eigenvalue weighted by Gasteiger charge is -2.09. The lowest BCUT2D eigenvalue weighted by molar-refractivity contribution is 0.415. The van der Waals surface area contributed by atoms with Crippen molar-refractivity contribution in [2.24, 2.45) is 0 Å². The van der Waals surface area contributed by atoms with Crippen LogP contribution in [0, 0.1) is 6.92 Å². The monoisotopic (exact) mass is 378 g/mol. The first-order valence-electron chi connectivity index (χ1n) is 9.57. The summed E-state index contributed by atoms with van der Waals surface area (Å²) in [4.78, 5) is 0. The molecule has 1 aromatic heterocycles. The second-order valence-corrected chi connectivity index (χ2v) is 6.75. The first-order valence-corrected chi connectivity index (χ1v) is 9.57. The van der Waals surface area contributed by atoms with Crippen LogP contribution in [0.2, 0.25) is 0 Å². The quantitative estimate of drug-likeness (QED) is 0.358. The molecular weight excluding hydrogens is 356 g/mol. The van der Waals surface area contributed by atoms with E-state index >= 15 is 0 Å². The average Bonchev–Trinajstić information content (AvgIpc) is 3.22. The first kappa shape index (κ1) is 18.6. The molecule has 4 rings (SSSR count). The summed E-state index contributed by atoms with van der Waals surface area (Å²) in [6.07, 6.45) is 0. The van der Waals surface area contributed by atoms with E-state index in [0.717, 1.165) is 45.1 Å². The lowest BCUT2D eigenvalue weighted by Crippen LogP contribution is -1.90. The molecule has 4 aromatic rings. The van der Waals surface area contributed by atoms with Crippen LogP contribution in [0.3, 0.4) is 0 Å². The molecule has 0 spiro atoms. The van der Waals surface area contributed by atoms with Gasteiger partial charge in [-0.2, -0.15) is 0 Å². The largest absolute Gasteiger partial charge is 0.497 e. The molecule has 0 aliphatic rings. The molecule has 142 valence electrons. The fourth-order valence-electron chi connectivity index (χ4n) is 3.25. The molecule has 1 heterocycles. The zero-order chi connectivity index (χ0) is 20.1. The van der Waals surface area contributed by atoms with Crippen LogP contribution in [0.15, 0.2) is 107 Å². The van der Waals surface area contributed by atoms with Crippen LogP contribution in [0.4, 0.5) is 0 Å². The van der Waals surface area contributed by atoms with Gasteiger partial charge in [0, 0.05) is 5.57 Å². The molecule has 29 heavy (non-hydrogen) atoms. The second-order valence-electron chi connectivity index (χ2n) is 6.75. The topological polar surface area (TPSA) is 22.4 Å². The Morgan fingerprint density at radius 2 is 1.21 bits per heavy atom. The van der Waals surface area contributed by atoms with Gasteiger partial charge in [0.25, 0.3) is 0 Å². The molecule has 0 amide bonds. The summed E-state index contributed by atoms with van der Waals surface area (Å²) < 4.78 is 11.3. The summed E-state index contributed by atoms with van der Waals surface area (Å²) in [5.41, 5.74) is 8.81. The lowest BCUT2D eigenvalue weighted by atomic mass is 9.95. The van der Waals surface area contributed by atoms with E-state index in [2.05, 4.69) is 42.1 Å². The Kier molecular flexibility index (Phi) is 5.47. The fourth-order valence-corrected chi connectivity index (χ4v) is 3.25. The minimum Gasteiger partial charge on any atom is -0.497 e. The highest BCUT2D eigenvalue weighted by Gasteiger charge is 2.11. The normalized spacial score (nSPS) is 10.3. The molecule has 0 saturated heterocycles. The smallest absolute Gasteiger partial charge is 0.142 e. The third-order valence-electron chi connectivity index (χ3n) is 4.74. The molecule has 0 atom stereocenters. The Labute approximate surface area is 171 Å². The van der Waals surface area contributed by atoms with Gasteiger partial charge in [0.05, 0.1) is 12.7 Å². The van der Waals surface area contributed by atoms with Gasteiger partial charge in [-0.05, 0) is 47.9 Å². The number of hydrogen-bond donors (Lipinski definition) is 0. The molecule has 3 aromatic carbocycles. The van der Waals surface area contributed by atoms with E-state index in [-0.39, 0.29) is 0 Å². The summed E-state index contributed by atoms with van der Waals surface area (Å²) in [6.45, 7) is 1.96. The van der Waals surface area contributed by atoms with Crippen molar-refractivity contribution in [3.63, 3.8) is 0 Å². The van der Waals surface area contributed by atoms with Crippen LogP contribution in [-0.2, 0) is 0 Å². The summed E-state index contributed by atoms with van der Waals surface area (Å²) in [5, 5.41) is 0. The summed E-state index contributed by atoms with van der Waals surface area (Å²) >= 11 is 0. The Morgan fingerprint density at radius 3 is 1.72 bits per heavy atom. The van der Waals surface area contributed by atoms with Gasteiger partial charge in [-0.25, -0.2) is 0 Å². The molecule has 0 bridgehead atoms. The predicted molar refractivity (Wildman–Crippen MR) is 118 cm³/mol. The molecule has 0 unspecified atom stereocenters. The number of rotatable bonds is 5. The molecule has 0 radical (unpaired) electrons. The summed E-state index contributed by atoms with van der Waals surface area (Å²) in [6, 6.07) is 32.6. The van der Waals surface area contributed by atoms with Gasteiger partial charge in [-0.3, -0.25) is 0 Å². The van der Waals surface area contributed by atoms with Crippen molar-refractivity contribution in [3.05, 3.63) is 131 Å². The van der Waals surface area contributed by atoms with E-state index in [0.29, 0.717) is 0 Å². The fraction of sp³-hybridized carbons (Fsp3) is 0.0741. The number of hydrogen-bond acceptors (Lipinski definition) is 2. The Hall–Kier alpha value is -3.74. The number of aryl methyl sites for hydroxylation is 1. The maximum Gasteiger partial charge on any atom is 0.142 e. The average molecular weight is 378 g/mol. The van der Waals surface area contributed by atoms with Crippen molar-refractivity contribution in [2.75, 3.05) is 7.11 Å². The van der Waals surface area contributed by atoms with Crippen LogP contribution < -0.4 is 4.74 Å². The van der Waals surface area contributed by atoms with Crippen molar-refractivity contribution >= 4 is 11.1 Å². The van der Waals surface area contributed by atoms with E-state index in [1.54, 1.807) is 7.11 Å². The second kappa shape index (κ2) is 8.52. The van der Waals surface area contributed by atoms with Crippen molar-refractivity contribution in [1.29, 1.82) is 0 Å². The van der Waals surface area contributed by atoms with Crippen LogP contribution >= 0.6 is 0 Å². The standard InChI is InChI=1S/C27H22O2/c1-20-13-18-27(29-20)26(22-11-7-4-8-12-22)19-25(21-9-5-3-6-10-21)23-14-16-24(28-2)17-15-23/h3-18H,1-2H3. The van der Waals surface area contributed by atoms with Gasteiger partial charge in [0.1, 0.15) is 17.3 Å². The van der Waals surface area contributed by atoms with Crippen LogP contribution in [0.25, 0.3) is 11.1 Å². The summed E-state index contributed by atoms with van der Waals surface area (Å²) in [7, 11) is 1.68. The number of methoxy groups -OCH3 is 1. The van der Waals surface area contributed by atoms with Crippen molar-refractivity contribution in [1.82, 2.24) is 0 Å². The summed E-state index contributed by atoms with van der Waals surface area (Å²) in [5.74, 6) is 2.51. The molecular formula is C27H22O2. The number of benzene rings is 3. The van der Waals surface area contributed by atoms with Gasteiger partial charge < -0.3 is 9.15 Å². The van der Waals surface area contributed by atoms with Gasteiger partial charge in [0.15, 0.2) is 0 Å². The number of furan rings is 1. The highest BCUT2D eigenvalue weighted by atomic mass is 16.5.